The number of carbonyl (C=O) groups excluding carboxylic acids is 2. The zero-order valence-electron chi connectivity index (χ0n) is 24.6. The predicted molar refractivity (Wildman–Crippen MR) is 160 cm³/mol. The molecule has 1 aromatic heterocycles. The second-order valence-electron chi connectivity index (χ2n) is 10.0. The van der Waals surface area contributed by atoms with Crippen molar-refractivity contribution < 1.29 is 19.1 Å². The maximum atomic E-state index is 12.9. The van der Waals surface area contributed by atoms with Gasteiger partial charge in [0.05, 0.1) is 24.3 Å². The largest absolute Gasteiger partial charge is 0.462 e. The number of unbranched alkanes of at least 4 members (excludes halogenated alkanes) is 1. The molecule has 1 heterocycles. The molecule has 39 heavy (non-hydrogen) atoms. The van der Waals surface area contributed by atoms with Crippen LogP contribution in [0.4, 0.5) is 0 Å². The molecule has 0 radical (unpaired) electrons. The molecule has 0 atom stereocenters. The van der Waals surface area contributed by atoms with E-state index < -0.39 is 0 Å². The lowest BCUT2D eigenvalue weighted by Crippen LogP contribution is -2.25. The van der Waals surface area contributed by atoms with Gasteiger partial charge in [-0.25, -0.2) is 9.59 Å². The van der Waals surface area contributed by atoms with Crippen LogP contribution in [0.5, 0.6) is 0 Å². The number of nitrogens with zero attached hydrogens (tertiary/aromatic N) is 3. The van der Waals surface area contributed by atoms with Gasteiger partial charge in [-0.2, -0.15) is 0 Å². The van der Waals surface area contributed by atoms with E-state index in [2.05, 4.69) is 49.0 Å². The van der Waals surface area contributed by atoms with Crippen LogP contribution >= 0.6 is 0 Å². The van der Waals surface area contributed by atoms with Gasteiger partial charge in [0, 0.05) is 41.4 Å². The van der Waals surface area contributed by atoms with Crippen LogP contribution in [0.25, 0.3) is 21.8 Å². The number of rotatable bonds is 17. The van der Waals surface area contributed by atoms with Crippen molar-refractivity contribution in [3.8, 4) is 0 Å². The second-order valence-corrected chi connectivity index (χ2v) is 10.0. The Bertz CT molecular complexity index is 1120. The zero-order chi connectivity index (χ0) is 28.2. The molecule has 7 heteroatoms. The molecule has 0 bridgehead atoms. The van der Waals surface area contributed by atoms with Crippen LogP contribution < -0.4 is 0 Å². The van der Waals surface area contributed by atoms with Crippen LogP contribution in [0, 0.1) is 0 Å². The Morgan fingerprint density at radius 1 is 0.667 bits per heavy atom. The SMILES string of the molecule is CCCCn1c2ccc(C(=O)OCCCN(CC)CC)cc2c2cc(C(=O)OCCCN(CC)CC)ccc21. The van der Waals surface area contributed by atoms with E-state index in [1.54, 1.807) is 0 Å². The van der Waals surface area contributed by atoms with Crippen LogP contribution in [-0.2, 0) is 16.0 Å². The predicted octanol–water partition coefficient (Wildman–Crippen LogP) is 6.37. The lowest BCUT2D eigenvalue weighted by Gasteiger charge is -2.17. The van der Waals surface area contributed by atoms with Crippen molar-refractivity contribution >= 4 is 33.7 Å². The summed E-state index contributed by atoms with van der Waals surface area (Å²) in [5.41, 5.74) is 3.18. The third-order valence-corrected chi connectivity index (χ3v) is 7.56. The molecule has 0 spiro atoms. The highest BCUT2D eigenvalue weighted by Gasteiger charge is 2.17. The van der Waals surface area contributed by atoms with Gasteiger partial charge in [-0.1, -0.05) is 41.0 Å². The summed E-state index contributed by atoms with van der Waals surface area (Å²) in [6.45, 7) is 18.2. The number of aryl methyl sites for hydroxylation is 1. The zero-order valence-corrected chi connectivity index (χ0v) is 24.6. The number of carbonyl (C=O) groups is 2. The fourth-order valence-electron chi connectivity index (χ4n) is 5.07. The molecule has 7 nitrogen and oxygen atoms in total. The topological polar surface area (TPSA) is 64.0 Å². The lowest BCUT2D eigenvalue weighted by molar-refractivity contribution is 0.0480. The number of esters is 2. The van der Waals surface area contributed by atoms with Crippen molar-refractivity contribution in [3.63, 3.8) is 0 Å². The second kappa shape index (κ2) is 15.6. The van der Waals surface area contributed by atoms with Gasteiger partial charge in [0.2, 0.25) is 0 Å². The normalized spacial score (nSPS) is 11.7. The van der Waals surface area contributed by atoms with Crippen LogP contribution in [0.3, 0.4) is 0 Å². The molecule has 0 unspecified atom stereocenters. The van der Waals surface area contributed by atoms with Crippen molar-refractivity contribution in [2.45, 2.75) is 66.8 Å². The van der Waals surface area contributed by atoms with Gasteiger partial charge in [0.15, 0.2) is 0 Å². The summed E-state index contributed by atoms with van der Waals surface area (Å²) < 4.78 is 13.5. The first-order valence-electron chi connectivity index (χ1n) is 14.8. The van der Waals surface area contributed by atoms with Crippen molar-refractivity contribution in [3.05, 3.63) is 47.5 Å². The van der Waals surface area contributed by atoms with Gasteiger partial charge in [0.1, 0.15) is 0 Å². The van der Waals surface area contributed by atoms with E-state index in [-0.39, 0.29) is 11.9 Å². The summed E-state index contributed by atoms with van der Waals surface area (Å²) in [5, 5.41) is 1.91. The van der Waals surface area contributed by atoms with Gasteiger partial charge in [-0.05, 0) is 81.8 Å². The summed E-state index contributed by atoms with van der Waals surface area (Å²) in [7, 11) is 0. The molecule has 0 N–H and O–H groups in total. The van der Waals surface area contributed by atoms with Crippen molar-refractivity contribution in [2.24, 2.45) is 0 Å². The number of benzene rings is 2. The van der Waals surface area contributed by atoms with Crippen LogP contribution in [0.15, 0.2) is 36.4 Å². The number of fused-ring (bicyclic) bond motifs is 3. The Labute approximate surface area is 234 Å². The standard InChI is InChI=1S/C32H47N3O4/c1-6-11-20-35-29-16-14-25(31(36)38-21-12-18-33(7-2)8-3)23-27(29)28-24-26(15-17-30(28)35)32(37)39-22-13-19-34(9-4)10-5/h14-17,23-24H,6-13,18-22H2,1-5H3. The summed E-state index contributed by atoms with van der Waals surface area (Å²) in [6.07, 6.45) is 3.75. The maximum absolute atomic E-state index is 12.9. The third kappa shape index (κ3) is 8.05. The monoisotopic (exact) mass is 537 g/mol. The minimum atomic E-state index is -0.310. The Morgan fingerprint density at radius 2 is 1.10 bits per heavy atom. The Hall–Kier alpha value is -2.90. The van der Waals surface area contributed by atoms with E-state index in [4.69, 9.17) is 9.47 Å². The molecule has 0 aliphatic heterocycles. The highest BCUT2D eigenvalue weighted by atomic mass is 16.5. The van der Waals surface area contributed by atoms with E-state index >= 15 is 0 Å². The first-order valence-corrected chi connectivity index (χ1v) is 14.8. The van der Waals surface area contributed by atoms with Crippen LogP contribution in [0.2, 0.25) is 0 Å². The third-order valence-electron chi connectivity index (χ3n) is 7.56. The minimum absolute atomic E-state index is 0.310. The number of aromatic nitrogens is 1. The number of hydrogen-bond acceptors (Lipinski definition) is 6. The molecule has 2 aromatic carbocycles. The van der Waals surface area contributed by atoms with Gasteiger partial charge in [0.25, 0.3) is 0 Å². The summed E-state index contributed by atoms with van der Waals surface area (Å²) >= 11 is 0. The Morgan fingerprint density at radius 3 is 1.49 bits per heavy atom. The summed E-state index contributed by atoms with van der Waals surface area (Å²) in [5.74, 6) is -0.621. The van der Waals surface area contributed by atoms with Gasteiger partial charge in [-0.3, -0.25) is 0 Å². The van der Waals surface area contributed by atoms with Gasteiger partial charge < -0.3 is 23.8 Å². The number of ether oxygens (including phenoxy) is 2. The van der Waals surface area contributed by atoms with E-state index in [0.29, 0.717) is 24.3 Å². The lowest BCUT2D eigenvalue weighted by atomic mass is 10.1. The molecule has 0 saturated carbocycles. The molecular weight excluding hydrogens is 490 g/mol. The van der Waals surface area contributed by atoms with Gasteiger partial charge >= 0.3 is 11.9 Å². The molecular formula is C32H47N3O4. The average Bonchev–Trinajstić information content (AvgIpc) is 3.28. The molecule has 0 amide bonds. The van der Waals surface area contributed by atoms with Crippen molar-refractivity contribution in [1.29, 1.82) is 0 Å². The van der Waals surface area contributed by atoms with E-state index in [9.17, 15) is 9.59 Å². The number of hydrogen-bond donors (Lipinski definition) is 0. The van der Waals surface area contributed by atoms with Crippen LogP contribution in [-0.4, -0.2) is 78.8 Å². The molecule has 214 valence electrons. The highest BCUT2D eigenvalue weighted by molar-refractivity contribution is 6.12. The molecule has 0 aliphatic carbocycles. The smallest absolute Gasteiger partial charge is 0.338 e. The fourth-order valence-corrected chi connectivity index (χ4v) is 5.07. The molecule has 0 saturated heterocycles. The average molecular weight is 538 g/mol. The van der Waals surface area contributed by atoms with Crippen molar-refractivity contribution in [1.82, 2.24) is 14.4 Å². The quantitative estimate of drug-likeness (QED) is 0.147. The van der Waals surface area contributed by atoms with E-state index in [1.165, 1.54) is 0 Å². The maximum Gasteiger partial charge on any atom is 0.338 e. The molecule has 3 rings (SSSR count). The van der Waals surface area contributed by atoms with Crippen molar-refractivity contribution in [2.75, 3.05) is 52.5 Å². The molecule has 3 aromatic rings. The van der Waals surface area contributed by atoms with Crippen LogP contribution in [0.1, 0.15) is 81.0 Å². The fraction of sp³-hybridized carbons (Fsp3) is 0.562. The Kier molecular flexibility index (Phi) is 12.3. The molecule has 0 fully saturated rings. The minimum Gasteiger partial charge on any atom is -0.462 e. The Balaban J connectivity index is 1.80. The van der Waals surface area contributed by atoms with E-state index in [1.807, 2.05) is 36.4 Å². The molecule has 0 aliphatic rings. The highest BCUT2D eigenvalue weighted by Crippen LogP contribution is 2.31. The summed E-state index contributed by atoms with van der Waals surface area (Å²) in [4.78, 5) is 30.4. The summed E-state index contributed by atoms with van der Waals surface area (Å²) in [6, 6.07) is 11.5. The van der Waals surface area contributed by atoms with Gasteiger partial charge in [-0.15, -0.1) is 0 Å². The first kappa shape index (κ1) is 30.6. The first-order chi connectivity index (χ1) is 19.0. The van der Waals surface area contributed by atoms with E-state index in [0.717, 1.165) is 93.3 Å².